The molecular weight excluding hydrogens is 437 g/mol. The van der Waals surface area contributed by atoms with Crippen LogP contribution in [0.5, 0.6) is 0 Å². The summed E-state index contributed by atoms with van der Waals surface area (Å²) in [6.07, 6.45) is -1.09. The van der Waals surface area contributed by atoms with Crippen molar-refractivity contribution in [1.29, 1.82) is 0 Å². The molecule has 4 rings (SSSR count). The van der Waals surface area contributed by atoms with Crippen LogP contribution >= 0.6 is 0 Å². The van der Waals surface area contributed by atoms with E-state index in [1.165, 1.54) is 6.20 Å². The molecule has 1 amide bonds. The van der Waals surface area contributed by atoms with Gasteiger partial charge in [-0.15, -0.1) is 0 Å². The Bertz CT molecular complexity index is 1160. The maximum Gasteiger partial charge on any atom is 0.411 e. The van der Waals surface area contributed by atoms with E-state index in [1.54, 1.807) is 12.1 Å². The lowest BCUT2D eigenvalue weighted by Crippen LogP contribution is -2.24. The van der Waals surface area contributed by atoms with Crippen LogP contribution < -0.4 is 10.6 Å². The molecule has 0 saturated heterocycles. The van der Waals surface area contributed by atoms with Gasteiger partial charge in [0.2, 0.25) is 0 Å². The van der Waals surface area contributed by atoms with Gasteiger partial charge in [-0.2, -0.15) is 13.2 Å². The number of anilines is 3. The van der Waals surface area contributed by atoms with Crippen LogP contribution in [-0.4, -0.2) is 41.0 Å². The van der Waals surface area contributed by atoms with Gasteiger partial charge in [-0.05, 0) is 37.1 Å². The number of halogens is 3. The van der Waals surface area contributed by atoms with Gasteiger partial charge in [0, 0.05) is 29.6 Å². The van der Waals surface area contributed by atoms with E-state index in [1.807, 2.05) is 30.3 Å². The van der Waals surface area contributed by atoms with Gasteiger partial charge in [0.05, 0.1) is 16.9 Å². The molecule has 0 atom stereocenters. The number of nitrogens with zero attached hydrogens (tertiary/aromatic N) is 1. The zero-order chi connectivity index (χ0) is 23.4. The third-order valence-electron chi connectivity index (χ3n) is 5.05. The monoisotopic (exact) mass is 458 g/mol. The highest BCUT2D eigenvalue weighted by Gasteiger charge is 2.28. The van der Waals surface area contributed by atoms with E-state index in [0.717, 1.165) is 24.2 Å². The van der Waals surface area contributed by atoms with Crippen LogP contribution in [-0.2, 0) is 16.0 Å². The van der Waals surface area contributed by atoms with Gasteiger partial charge in [-0.1, -0.05) is 18.2 Å². The summed E-state index contributed by atoms with van der Waals surface area (Å²) in [5.74, 6) is -0.563. The van der Waals surface area contributed by atoms with E-state index in [2.05, 4.69) is 25.3 Å². The molecule has 172 valence electrons. The number of hydrogen-bond acceptors (Lipinski definition) is 5. The molecule has 7 nitrogen and oxygen atoms in total. The Morgan fingerprint density at radius 2 is 1.94 bits per heavy atom. The second-order valence-electron chi connectivity index (χ2n) is 7.58. The number of alkyl halides is 3. The Balaban J connectivity index is 1.60. The first kappa shape index (κ1) is 22.5. The first-order valence-electron chi connectivity index (χ1n) is 10.3. The Morgan fingerprint density at radius 1 is 1.15 bits per heavy atom. The van der Waals surface area contributed by atoms with Crippen molar-refractivity contribution in [3.05, 3.63) is 59.9 Å². The average Bonchev–Trinajstić information content (AvgIpc) is 3.13. The number of aromatic amines is 1. The smallest absolute Gasteiger partial charge is 0.362 e. The lowest BCUT2D eigenvalue weighted by Gasteiger charge is -2.14. The molecule has 0 unspecified atom stereocenters. The number of rotatable bonds is 7. The van der Waals surface area contributed by atoms with E-state index in [4.69, 9.17) is 0 Å². The number of amides is 1. The number of Topliss-reactive ketones (excluding diaryl/α,β-unsaturated/α-hetero) is 1. The van der Waals surface area contributed by atoms with Gasteiger partial charge >= 0.3 is 6.18 Å². The average molecular weight is 458 g/mol. The lowest BCUT2D eigenvalue weighted by atomic mass is 9.95. The van der Waals surface area contributed by atoms with Crippen LogP contribution in [0.25, 0.3) is 11.3 Å². The molecule has 0 saturated carbocycles. The predicted octanol–water partition coefficient (Wildman–Crippen LogP) is 4.86. The summed E-state index contributed by atoms with van der Waals surface area (Å²) in [4.78, 5) is 32.0. The topological polar surface area (TPSA) is 96.1 Å². The molecule has 1 aromatic carbocycles. The molecule has 33 heavy (non-hydrogen) atoms. The van der Waals surface area contributed by atoms with Crippen molar-refractivity contribution in [2.45, 2.75) is 25.4 Å². The van der Waals surface area contributed by atoms with Crippen LogP contribution in [0.4, 0.5) is 30.4 Å². The third-order valence-corrected chi connectivity index (χ3v) is 5.05. The maximum atomic E-state index is 12.7. The first-order valence-corrected chi connectivity index (χ1v) is 10.3. The molecule has 3 aromatic rings. The maximum absolute atomic E-state index is 12.7. The van der Waals surface area contributed by atoms with Crippen molar-refractivity contribution in [1.82, 2.24) is 9.97 Å². The lowest BCUT2D eigenvalue weighted by molar-refractivity contribution is -0.174. The second-order valence-corrected chi connectivity index (χ2v) is 7.58. The number of hydrogen-bond donors (Lipinski definition) is 3. The highest BCUT2D eigenvalue weighted by molar-refractivity contribution is 6.07. The molecule has 2 aromatic heterocycles. The number of fused-ring (bicyclic) bond motifs is 1. The fourth-order valence-corrected chi connectivity index (χ4v) is 3.70. The number of para-hydroxylation sites is 1. The molecule has 2 heterocycles. The van der Waals surface area contributed by atoms with Crippen LogP contribution in [0.3, 0.4) is 0 Å². The number of H-pyrrole nitrogens is 1. The molecule has 0 radical (unpaired) electrons. The van der Waals surface area contributed by atoms with Crippen LogP contribution in [0.15, 0.2) is 48.7 Å². The Labute approximate surface area is 187 Å². The molecule has 0 fully saturated rings. The van der Waals surface area contributed by atoms with Crippen LogP contribution in [0.2, 0.25) is 0 Å². The van der Waals surface area contributed by atoms with Crippen molar-refractivity contribution >= 4 is 28.9 Å². The van der Waals surface area contributed by atoms with Crippen LogP contribution in [0, 0.1) is 0 Å². The highest BCUT2D eigenvalue weighted by Crippen LogP contribution is 2.39. The minimum atomic E-state index is -4.51. The summed E-state index contributed by atoms with van der Waals surface area (Å²) in [6, 6.07) is 12.7. The number of nitrogens with one attached hydrogen (secondary N) is 3. The van der Waals surface area contributed by atoms with Gasteiger partial charge in [0.15, 0.2) is 5.78 Å². The van der Waals surface area contributed by atoms with Gasteiger partial charge in [0.25, 0.3) is 5.91 Å². The van der Waals surface area contributed by atoms with Crippen molar-refractivity contribution in [3.8, 4) is 11.3 Å². The van der Waals surface area contributed by atoms with E-state index in [9.17, 15) is 22.8 Å². The molecular formula is C23H21F3N4O3. The SMILES string of the molecule is O=C(COCC(F)(F)F)Nc1cc(-c2[nH]c3c(c2Nc2ccccc2)C(=O)CCC3)ccn1. The van der Waals surface area contributed by atoms with Crippen molar-refractivity contribution < 1.29 is 27.5 Å². The summed E-state index contributed by atoms with van der Waals surface area (Å²) in [5.41, 5.74) is 4.20. The first-order chi connectivity index (χ1) is 15.8. The highest BCUT2D eigenvalue weighted by atomic mass is 19.4. The van der Waals surface area contributed by atoms with Gasteiger partial charge in [-0.25, -0.2) is 4.98 Å². The molecule has 0 spiro atoms. The van der Waals surface area contributed by atoms with Crippen LogP contribution in [0.1, 0.15) is 28.9 Å². The number of aryl methyl sites for hydroxylation is 1. The van der Waals surface area contributed by atoms with E-state index >= 15 is 0 Å². The number of carbonyl (C=O) groups is 2. The fourth-order valence-electron chi connectivity index (χ4n) is 3.70. The Kier molecular flexibility index (Phi) is 6.45. The summed E-state index contributed by atoms with van der Waals surface area (Å²) in [6.45, 7) is -2.26. The summed E-state index contributed by atoms with van der Waals surface area (Å²) < 4.78 is 41.0. The minimum absolute atomic E-state index is 0.0431. The largest absolute Gasteiger partial charge is 0.411 e. The molecule has 10 heteroatoms. The zero-order valence-electron chi connectivity index (χ0n) is 17.5. The molecule has 0 bridgehead atoms. The number of aromatic nitrogens is 2. The van der Waals surface area contributed by atoms with E-state index < -0.39 is 25.3 Å². The van der Waals surface area contributed by atoms with E-state index in [-0.39, 0.29) is 11.6 Å². The summed E-state index contributed by atoms with van der Waals surface area (Å²) in [7, 11) is 0. The normalized spacial score (nSPS) is 13.5. The Hall–Kier alpha value is -3.66. The number of ether oxygens (including phenoxy) is 1. The molecule has 1 aliphatic carbocycles. The number of pyridine rings is 1. The summed E-state index contributed by atoms with van der Waals surface area (Å²) in [5, 5.41) is 5.76. The number of benzene rings is 1. The zero-order valence-corrected chi connectivity index (χ0v) is 17.5. The molecule has 1 aliphatic rings. The fraction of sp³-hybridized carbons (Fsp3) is 0.261. The number of carbonyl (C=O) groups excluding carboxylic acids is 2. The predicted molar refractivity (Wildman–Crippen MR) is 117 cm³/mol. The molecule has 3 N–H and O–H groups in total. The van der Waals surface area contributed by atoms with Crippen molar-refractivity contribution in [2.75, 3.05) is 23.8 Å². The van der Waals surface area contributed by atoms with Gasteiger partial charge in [0.1, 0.15) is 19.0 Å². The minimum Gasteiger partial charge on any atom is -0.362 e. The quantitative estimate of drug-likeness (QED) is 0.470. The third kappa shape index (κ3) is 5.58. The van der Waals surface area contributed by atoms with Crippen molar-refractivity contribution in [3.63, 3.8) is 0 Å². The second kappa shape index (κ2) is 9.45. The van der Waals surface area contributed by atoms with Gasteiger partial charge in [-0.3, -0.25) is 9.59 Å². The standard InChI is InChI=1S/C23H21F3N4O3/c24-23(25,26)13-33-12-19(32)30-18-11-14(9-10-27-18)21-22(28-15-5-2-1-3-6-15)20-16(29-21)7-4-8-17(20)31/h1-3,5-6,9-11,28-29H,4,7-8,12-13H2,(H,27,30,32). The van der Waals surface area contributed by atoms with Gasteiger partial charge < -0.3 is 20.4 Å². The Morgan fingerprint density at radius 3 is 2.70 bits per heavy atom. The van der Waals surface area contributed by atoms with Crippen molar-refractivity contribution in [2.24, 2.45) is 0 Å². The molecule has 0 aliphatic heterocycles. The summed E-state index contributed by atoms with van der Waals surface area (Å²) >= 11 is 0. The van der Waals surface area contributed by atoms with E-state index in [0.29, 0.717) is 28.9 Å². The number of ketones is 1.